The van der Waals surface area contributed by atoms with Gasteiger partial charge in [-0.2, -0.15) is 0 Å². The van der Waals surface area contributed by atoms with E-state index in [9.17, 15) is 14.7 Å². The Kier molecular flexibility index (Phi) is 11.2. The van der Waals surface area contributed by atoms with Gasteiger partial charge in [0.25, 0.3) is 0 Å². The molecule has 39 heavy (non-hydrogen) atoms. The molecule has 0 saturated carbocycles. The third-order valence-electron chi connectivity index (χ3n) is 6.65. The van der Waals surface area contributed by atoms with Crippen LogP contribution in [0.5, 0.6) is 17.2 Å². The maximum absolute atomic E-state index is 13.5. The molecular formula is C31H39N3O5. The number of nitrogens with one attached hydrogen (secondary N) is 3. The number of aromatic hydroxyl groups is 1. The molecule has 0 radical (unpaired) electrons. The van der Waals surface area contributed by atoms with E-state index >= 15 is 0 Å². The third kappa shape index (κ3) is 8.75. The SMILES string of the molecule is COc1cc(O)cc(OC)c1C[C@H](NCc1ccccc1C)C(=O)N[C@H](C)C(=O)NCCCc1ccccc1. The van der Waals surface area contributed by atoms with E-state index in [0.29, 0.717) is 30.2 Å². The summed E-state index contributed by atoms with van der Waals surface area (Å²) in [5.41, 5.74) is 4.01. The Labute approximate surface area is 230 Å². The van der Waals surface area contributed by atoms with Gasteiger partial charge < -0.3 is 30.5 Å². The number of phenolic OH excluding ortho intramolecular Hbond substituents is 1. The van der Waals surface area contributed by atoms with E-state index in [2.05, 4.69) is 28.1 Å². The number of phenols is 1. The molecule has 0 aliphatic carbocycles. The highest BCUT2D eigenvalue weighted by Crippen LogP contribution is 2.34. The predicted octanol–water partition coefficient (Wildman–Crippen LogP) is 3.67. The van der Waals surface area contributed by atoms with Gasteiger partial charge in [-0.1, -0.05) is 54.6 Å². The van der Waals surface area contributed by atoms with E-state index in [1.807, 2.05) is 49.4 Å². The first kappa shape index (κ1) is 29.5. The average molecular weight is 534 g/mol. The summed E-state index contributed by atoms with van der Waals surface area (Å²) >= 11 is 0. The summed E-state index contributed by atoms with van der Waals surface area (Å²) in [6, 6.07) is 19.6. The van der Waals surface area contributed by atoms with Gasteiger partial charge in [0.1, 0.15) is 23.3 Å². The lowest BCUT2D eigenvalue weighted by atomic mass is 10.0. The largest absolute Gasteiger partial charge is 0.508 e. The van der Waals surface area contributed by atoms with Crippen LogP contribution in [0.4, 0.5) is 0 Å². The minimum atomic E-state index is -0.722. The van der Waals surface area contributed by atoms with Crippen LogP contribution in [0.25, 0.3) is 0 Å². The molecule has 0 fully saturated rings. The smallest absolute Gasteiger partial charge is 0.242 e. The minimum Gasteiger partial charge on any atom is -0.508 e. The molecule has 208 valence electrons. The van der Waals surface area contributed by atoms with Crippen LogP contribution in [0.15, 0.2) is 66.7 Å². The standard InChI is InChI=1S/C31H39N3O5/c1-21-11-8-9-15-24(21)20-33-27(19-26-28(38-3)17-25(35)18-29(26)39-4)31(37)34-22(2)30(36)32-16-10-14-23-12-6-5-7-13-23/h5-9,11-13,15,17-18,22,27,33,35H,10,14,16,19-20H2,1-4H3,(H,32,36)(H,34,37)/t22-,27+/m1/s1. The minimum absolute atomic E-state index is 0.00104. The van der Waals surface area contributed by atoms with Crippen LogP contribution in [0.2, 0.25) is 0 Å². The number of amides is 2. The number of benzene rings is 3. The zero-order valence-corrected chi connectivity index (χ0v) is 23.1. The zero-order valence-electron chi connectivity index (χ0n) is 23.1. The van der Waals surface area contributed by atoms with E-state index in [-0.39, 0.29) is 24.0 Å². The molecule has 8 nitrogen and oxygen atoms in total. The predicted molar refractivity (Wildman–Crippen MR) is 152 cm³/mol. The van der Waals surface area contributed by atoms with E-state index in [0.717, 1.165) is 24.0 Å². The van der Waals surface area contributed by atoms with Gasteiger partial charge in [0, 0.05) is 37.2 Å². The lowest BCUT2D eigenvalue weighted by Crippen LogP contribution is -2.52. The van der Waals surface area contributed by atoms with Crippen molar-refractivity contribution in [1.82, 2.24) is 16.0 Å². The van der Waals surface area contributed by atoms with Gasteiger partial charge in [0.2, 0.25) is 11.8 Å². The number of methoxy groups -OCH3 is 2. The summed E-state index contributed by atoms with van der Waals surface area (Å²) in [4.78, 5) is 26.2. The molecule has 0 aromatic heterocycles. The molecule has 0 bridgehead atoms. The molecule has 0 saturated heterocycles. The molecular weight excluding hydrogens is 494 g/mol. The average Bonchev–Trinajstić information content (AvgIpc) is 2.94. The van der Waals surface area contributed by atoms with Crippen LogP contribution < -0.4 is 25.4 Å². The summed E-state index contributed by atoms with van der Waals surface area (Å²) in [6.07, 6.45) is 1.89. The third-order valence-corrected chi connectivity index (χ3v) is 6.65. The van der Waals surface area contributed by atoms with Gasteiger partial charge in [-0.3, -0.25) is 9.59 Å². The Bertz CT molecular complexity index is 1210. The fourth-order valence-electron chi connectivity index (χ4n) is 4.36. The first-order valence-corrected chi connectivity index (χ1v) is 13.2. The van der Waals surface area contributed by atoms with E-state index < -0.39 is 12.1 Å². The van der Waals surface area contributed by atoms with Crippen molar-refractivity contribution in [3.63, 3.8) is 0 Å². The van der Waals surface area contributed by atoms with Crippen molar-refractivity contribution >= 4 is 11.8 Å². The molecule has 0 heterocycles. The van der Waals surface area contributed by atoms with Gasteiger partial charge >= 0.3 is 0 Å². The summed E-state index contributed by atoms with van der Waals surface area (Å²) in [5.74, 6) is 0.249. The van der Waals surface area contributed by atoms with Crippen molar-refractivity contribution in [1.29, 1.82) is 0 Å². The topological polar surface area (TPSA) is 109 Å². The second-order valence-electron chi connectivity index (χ2n) is 9.50. The number of ether oxygens (including phenoxy) is 2. The molecule has 3 aromatic rings. The highest BCUT2D eigenvalue weighted by Gasteiger charge is 2.26. The van der Waals surface area contributed by atoms with Crippen LogP contribution in [0.1, 0.15) is 35.6 Å². The molecule has 3 rings (SSSR count). The normalized spacial score (nSPS) is 12.3. The Hall–Kier alpha value is -4.04. The molecule has 0 aliphatic rings. The van der Waals surface area contributed by atoms with Crippen LogP contribution in [0, 0.1) is 6.92 Å². The highest BCUT2D eigenvalue weighted by molar-refractivity contribution is 5.89. The van der Waals surface area contributed by atoms with Gasteiger partial charge in [0.15, 0.2) is 0 Å². The fourth-order valence-corrected chi connectivity index (χ4v) is 4.36. The van der Waals surface area contributed by atoms with Gasteiger partial charge in [-0.15, -0.1) is 0 Å². The highest BCUT2D eigenvalue weighted by atomic mass is 16.5. The van der Waals surface area contributed by atoms with Gasteiger partial charge in [0.05, 0.1) is 20.3 Å². The molecule has 4 N–H and O–H groups in total. The Balaban J connectivity index is 1.68. The van der Waals surface area contributed by atoms with E-state index in [4.69, 9.17) is 9.47 Å². The number of carbonyl (C=O) groups excluding carboxylic acids is 2. The number of aryl methyl sites for hydroxylation is 2. The summed E-state index contributed by atoms with van der Waals surface area (Å²) in [6.45, 7) is 4.66. The second kappa shape index (κ2) is 14.8. The lowest BCUT2D eigenvalue weighted by Gasteiger charge is -2.23. The van der Waals surface area contributed by atoms with Crippen molar-refractivity contribution in [2.24, 2.45) is 0 Å². The fraction of sp³-hybridized carbons (Fsp3) is 0.355. The molecule has 8 heteroatoms. The van der Waals surface area contributed by atoms with Crippen LogP contribution in [-0.4, -0.2) is 49.8 Å². The number of rotatable bonds is 14. The Morgan fingerprint density at radius 2 is 1.56 bits per heavy atom. The Morgan fingerprint density at radius 1 is 0.923 bits per heavy atom. The van der Waals surface area contributed by atoms with Gasteiger partial charge in [-0.05, 0) is 43.4 Å². The number of carbonyl (C=O) groups is 2. The first-order chi connectivity index (χ1) is 18.8. The molecule has 2 atom stereocenters. The number of hydrogen-bond acceptors (Lipinski definition) is 6. The van der Waals surface area contributed by atoms with Crippen LogP contribution >= 0.6 is 0 Å². The van der Waals surface area contributed by atoms with Crippen molar-refractivity contribution < 1.29 is 24.2 Å². The molecule has 2 amide bonds. The summed E-state index contributed by atoms with van der Waals surface area (Å²) in [5, 5.41) is 19.1. The van der Waals surface area contributed by atoms with Crippen molar-refractivity contribution in [2.75, 3.05) is 20.8 Å². The first-order valence-electron chi connectivity index (χ1n) is 13.2. The van der Waals surface area contributed by atoms with Gasteiger partial charge in [-0.25, -0.2) is 0 Å². The zero-order chi connectivity index (χ0) is 28.2. The molecule has 0 spiro atoms. The molecule has 3 aromatic carbocycles. The molecule has 0 aliphatic heterocycles. The summed E-state index contributed by atoms with van der Waals surface area (Å²) < 4.78 is 10.9. The van der Waals surface area contributed by atoms with Crippen molar-refractivity contribution in [3.05, 3.63) is 89.0 Å². The Morgan fingerprint density at radius 3 is 2.21 bits per heavy atom. The summed E-state index contributed by atoms with van der Waals surface area (Å²) in [7, 11) is 3.00. The second-order valence-corrected chi connectivity index (χ2v) is 9.50. The van der Waals surface area contributed by atoms with Crippen molar-refractivity contribution in [3.8, 4) is 17.2 Å². The molecule has 0 unspecified atom stereocenters. The maximum atomic E-state index is 13.5. The van der Waals surface area contributed by atoms with E-state index in [1.54, 1.807) is 6.92 Å². The maximum Gasteiger partial charge on any atom is 0.242 e. The van der Waals surface area contributed by atoms with E-state index in [1.165, 1.54) is 31.9 Å². The van der Waals surface area contributed by atoms with Crippen LogP contribution in [0.3, 0.4) is 0 Å². The van der Waals surface area contributed by atoms with Crippen LogP contribution in [-0.2, 0) is 29.0 Å². The van der Waals surface area contributed by atoms with Crippen molar-refractivity contribution in [2.45, 2.75) is 51.7 Å². The monoisotopic (exact) mass is 533 g/mol. The quantitative estimate of drug-likeness (QED) is 0.236. The lowest BCUT2D eigenvalue weighted by molar-refractivity contribution is -0.129. The number of hydrogen-bond donors (Lipinski definition) is 4.